The van der Waals surface area contributed by atoms with Crippen molar-refractivity contribution in [2.75, 3.05) is 6.54 Å². The molecular formula is C15H23N3O3. The molecular weight excluding hydrogens is 270 g/mol. The van der Waals surface area contributed by atoms with Crippen LogP contribution in [0.15, 0.2) is 6.20 Å². The van der Waals surface area contributed by atoms with E-state index in [-0.39, 0.29) is 12.3 Å². The van der Waals surface area contributed by atoms with Crippen LogP contribution >= 0.6 is 0 Å². The van der Waals surface area contributed by atoms with Crippen LogP contribution in [-0.2, 0) is 16.6 Å². The Bertz CT molecular complexity index is 550. The van der Waals surface area contributed by atoms with Crippen LogP contribution in [0.1, 0.15) is 44.0 Å². The molecule has 0 bridgehead atoms. The molecule has 1 aliphatic heterocycles. The summed E-state index contributed by atoms with van der Waals surface area (Å²) in [6, 6.07) is -0.401. The molecule has 2 heterocycles. The number of nitrogens with zero attached hydrogens (tertiary/aromatic N) is 3. The van der Waals surface area contributed by atoms with Gasteiger partial charge in [0, 0.05) is 31.3 Å². The van der Waals surface area contributed by atoms with Crippen LogP contribution in [0.5, 0.6) is 0 Å². The average Bonchev–Trinajstić information content (AvgIpc) is 2.89. The van der Waals surface area contributed by atoms with Gasteiger partial charge in [-0.15, -0.1) is 0 Å². The van der Waals surface area contributed by atoms with Gasteiger partial charge in [0.25, 0.3) is 0 Å². The Kier molecular flexibility index (Phi) is 4.34. The van der Waals surface area contributed by atoms with Gasteiger partial charge in [-0.2, -0.15) is 5.10 Å². The minimum Gasteiger partial charge on any atom is -0.481 e. The van der Waals surface area contributed by atoms with E-state index in [1.165, 1.54) is 0 Å². The van der Waals surface area contributed by atoms with Crippen molar-refractivity contribution in [3.63, 3.8) is 0 Å². The Labute approximate surface area is 124 Å². The number of carboxylic acid groups (broad SMARTS) is 1. The Morgan fingerprint density at radius 3 is 2.67 bits per heavy atom. The normalized spacial score (nSPS) is 22.3. The highest BCUT2D eigenvalue weighted by molar-refractivity contribution is 5.87. The van der Waals surface area contributed by atoms with Gasteiger partial charge in [0.15, 0.2) is 0 Å². The van der Waals surface area contributed by atoms with E-state index >= 15 is 0 Å². The van der Waals surface area contributed by atoms with E-state index in [1.54, 1.807) is 15.8 Å². The van der Waals surface area contributed by atoms with Crippen LogP contribution in [0.25, 0.3) is 0 Å². The van der Waals surface area contributed by atoms with Gasteiger partial charge < -0.3 is 10.0 Å². The number of hydrogen-bond acceptors (Lipinski definition) is 3. The minimum atomic E-state index is -0.913. The van der Waals surface area contributed by atoms with Crippen LogP contribution in [0.2, 0.25) is 0 Å². The summed E-state index contributed by atoms with van der Waals surface area (Å²) < 4.78 is 1.72. The average molecular weight is 293 g/mol. The van der Waals surface area contributed by atoms with Gasteiger partial charge >= 0.3 is 5.97 Å². The Hall–Kier alpha value is -1.85. The van der Waals surface area contributed by atoms with Crippen molar-refractivity contribution in [2.24, 2.45) is 18.9 Å². The fraction of sp³-hybridized carbons (Fsp3) is 0.667. The van der Waals surface area contributed by atoms with Gasteiger partial charge in [-0.05, 0) is 19.3 Å². The molecule has 0 saturated carbocycles. The fourth-order valence-corrected chi connectivity index (χ4v) is 2.86. The highest BCUT2D eigenvalue weighted by atomic mass is 16.4. The number of aliphatic carboxylic acids is 1. The minimum absolute atomic E-state index is 0.0729. The predicted molar refractivity (Wildman–Crippen MR) is 77.6 cm³/mol. The number of amides is 1. The molecule has 2 rings (SSSR count). The molecule has 1 saturated heterocycles. The largest absolute Gasteiger partial charge is 0.481 e. The molecule has 1 aromatic rings. The maximum absolute atomic E-state index is 12.2. The molecule has 0 spiro atoms. The molecule has 21 heavy (non-hydrogen) atoms. The van der Waals surface area contributed by atoms with Crippen molar-refractivity contribution in [3.8, 4) is 0 Å². The summed E-state index contributed by atoms with van der Waals surface area (Å²) in [4.78, 5) is 25.5. The molecule has 2 atom stereocenters. The predicted octanol–water partition coefficient (Wildman–Crippen LogP) is 1.75. The summed E-state index contributed by atoms with van der Waals surface area (Å²) in [7, 11) is 1.82. The first kappa shape index (κ1) is 15.5. The van der Waals surface area contributed by atoms with E-state index in [2.05, 4.69) is 18.9 Å². The lowest BCUT2D eigenvalue weighted by Crippen LogP contribution is -2.32. The van der Waals surface area contributed by atoms with Gasteiger partial charge in [-0.25, -0.2) is 0 Å². The number of aryl methyl sites for hydroxylation is 1. The monoisotopic (exact) mass is 293 g/mol. The third kappa shape index (κ3) is 2.94. The van der Waals surface area contributed by atoms with Crippen molar-refractivity contribution in [2.45, 2.75) is 39.7 Å². The van der Waals surface area contributed by atoms with Gasteiger partial charge in [0.05, 0.1) is 18.2 Å². The molecule has 1 aromatic heterocycles. The number of carbonyl (C=O) groups excluding carboxylic acids is 1. The quantitative estimate of drug-likeness (QED) is 0.897. The first-order chi connectivity index (χ1) is 9.82. The smallest absolute Gasteiger partial charge is 0.309 e. The summed E-state index contributed by atoms with van der Waals surface area (Å²) in [5.74, 6) is -1.20. The zero-order chi connectivity index (χ0) is 15.7. The van der Waals surface area contributed by atoms with Crippen molar-refractivity contribution in [1.29, 1.82) is 0 Å². The zero-order valence-electron chi connectivity index (χ0n) is 13.0. The Balaban J connectivity index is 2.35. The van der Waals surface area contributed by atoms with E-state index < -0.39 is 17.9 Å². The molecule has 0 aromatic carbocycles. The molecule has 6 heteroatoms. The summed E-state index contributed by atoms with van der Waals surface area (Å²) in [6.45, 7) is 6.70. The number of carbonyl (C=O) groups is 2. The molecule has 0 radical (unpaired) electrons. The van der Waals surface area contributed by atoms with Crippen LogP contribution < -0.4 is 0 Å². The Morgan fingerprint density at radius 2 is 2.19 bits per heavy atom. The second kappa shape index (κ2) is 5.87. The lowest BCUT2D eigenvalue weighted by atomic mass is 9.94. The molecule has 1 aliphatic rings. The maximum Gasteiger partial charge on any atom is 0.309 e. The molecule has 116 valence electrons. The SMILES string of the molecule is Cc1c([C@@H]2[C@@H](C(=O)O)CC(=O)N2CCC(C)C)cnn1C. The van der Waals surface area contributed by atoms with Crippen LogP contribution in [-0.4, -0.2) is 38.2 Å². The lowest BCUT2D eigenvalue weighted by Gasteiger charge is -2.27. The summed E-state index contributed by atoms with van der Waals surface area (Å²) >= 11 is 0. The van der Waals surface area contributed by atoms with Crippen molar-refractivity contribution in [3.05, 3.63) is 17.5 Å². The van der Waals surface area contributed by atoms with Crippen LogP contribution in [0.4, 0.5) is 0 Å². The van der Waals surface area contributed by atoms with Crippen LogP contribution in [0, 0.1) is 18.8 Å². The standard InChI is InChI=1S/C15H23N3O3/c1-9(2)5-6-18-13(19)7-11(15(20)21)14(18)12-8-16-17(4)10(12)3/h8-9,11,14H,5-7H2,1-4H3,(H,20,21)/t11-,14-/m0/s1. The van der Waals surface area contributed by atoms with Gasteiger partial charge in [0.2, 0.25) is 5.91 Å². The molecule has 6 nitrogen and oxygen atoms in total. The number of carboxylic acids is 1. The van der Waals surface area contributed by atoms with Crippen molar-refractivity contribution < 1.29 is 14.7 Å². The van der Waals surface area contributed by atoms with Crippen LogP contribution in [0.3, 0.4) is 0 Å². The van der Waals surface area contributed by atoms with Gasteiger partial charge in [0.1, 0.15) is 0 Å². The van der Waals surface area contributed by atoms with E-state index in [4.69, 9.17) is 0 Å². The Morgan fingerprint density at radius 1 is 1.52 bits per heavy atom. The summed E-state index contributed by atoms with van der Waals surface area (Å²) in [5, 5.41) is 13.6. The number of rotatable bonds is 5. The third-order valence-corrected chi connectivity index (χ3v) is 4.29. The van der Waals surface area contributed by atoms with E-state index in [0.29, 0.717) is 12.5 Å². The molecule has 0 unspecified atom stereocenters. The lowest BCUT2D eigenvalue weighted by molar-refractivity contribution is -0.142. The zero-order valence-corrected chi connectivity index (χ0v) is 13.0. The van der Waals surface area contributed by atoms with Gasteiger partial charge in [-0.1, -0.05) is 13.8 Å². The maximum atomic E-state index is 12.2. The second-order valence-corrected chi connectivity index (χ2v) is 6.17. The first-order valence-corrected chi connectivity index (χ1v) is 7.33. The van der Waals surface area contributed by atoms with Crippen molar-refractivity contribution in [1.82, 2.24) is 14.7 Å². The van der Waals surface area contributed by atoms with E-state index in [0.717, 1.165) is 17.7 Å². The topological polar surface area (TPSA) is 75.4 Å². The summed E-state index contributed by atoms with van der Waals surface area (Å²) in [5.41, 5.74) is 1.76. The third-order valence-electron chi connectivity index (χ3n) is 4.29. The summed E-state index contributed by atoms with van der Waals surface area (Å²) in [6.07, 6.45) is 2.64. The van der Waals surface area contributed by atoms with Gasteiger partial charge in [-0.3, -0.25) is 14.3 Å². The highest BCUT2D eigenvalue weighted by Crippen LogP contribution is 2.39. The fourth-order valence-electron chi connectivity index (χ4n) is 2.86. The van der Waals surface area contributed by atoms with Crippen molar-refractivity contribution >= 4 is 11.9 Å². The van der Waals surface area contributed by atoms with E-state index in [1.807, 2.05) is 14.0 Å². The highest BCUT2D eigenvalue weighted by Gasteiger charge is 2.45. The molecule has 1 N–H and O–H groups in total. The number of likely N-dealkylation sites (tertiary alicyclic amines) is 1. The molecule has 1 fully saturated rings. The molecule has 1 amide bonds. The number of aromatic nitrogens is 2. The molecule has 0 aliphatic carbocycles. The second-order valence-electron chi connectivity index (χ2n) is 6.17. The first-order valence-electron chi connectivity index (χ1n) is 7.33. The van der Waals surface area contributed by atoms with E-state index in [9.17, 15) is 14.7 Å². The number of hydrogen-bond donors (Lipinski definition) is 1.